The molecule has 2 atom stereocenters. The van der Waals surface area contributed by atoms with Crippen molar-refractivity contribution in [3.05, 3.63) is 0 Å². The van der Waals surface area contributed by atoms with Crippen LogP contribution in [0.2, 0.25) is 0 Å². The quantitative estimate of drug-likeness (QED) is 0.547. The average Bonchev–Trinajstić information content (AvgIpc) is 2.77. The zero-order chi connectivity index (χ0) is 12.5. The third-order valence-corrected chi connectivity index (χ3v) is 5.74. The Hall–Kier alpha value is 0.130. The van der Waals surface area contributed by atoms with Crippen molar-refractivity contribution in [1.82, 2.24) is 5.32 Å². The summed E-state index contributed by atoms with van der Waals surface area (Å²) in [5.41, 5.74) is 0. The smallest absolute Gasteiger partial charge is 0.220 e. The number of unbranched alkanes of at least 4 members (excludes halogenated alkanes) is 1. The van der Waals surface area contributed by atoms with Crippen LogP contribution >= 0.6 is 21.6 Å². The van der Waals surface area contributed by atoms with Gasteiger partial charge in [0, 0.05) is 30.6 Å². The highest BCUT2D eigenvalue weighted by Gasteiger charge is 2.15. The van der Waals surface area contributed by atoms with Gasteiger partial charge in [-0.3, -0.25) is 4.79 Å². The number of hydrogen-bond donors (Lipinski definition) is 1. The maximum absolute atomic E-state index is 11.5. The Kier molecular flexibility index (Phi) is 8.14. The van der Waals surface area contributed by atoms with Gasteiger partial charge in [0.2, 0.25) is 5.91 Å². The van der Waals surface area contributed by atoms with Gasteiger partial charge in [-0.05, 0) is 26.2 Å². The van der Waals surface area contributed by atoms with Gasteiger partial charge in [0.05, 0.1) is 6.61 Å². The normalized spacial score (nSPS) is 21.4. The molecule has 100 valence electrons. The minimum Gasteiger partial charge on any atom is -0.383 e. The molecule has 0 bridgehead atoms. The summed E-state index contributed by atoms with van der Waals surface area (Å²) in [6, 6.07) is 0.120. The van der Waals surface area contributed by atoms with E-state index in [1.165, 1.54) is 25.0 Å². The van der Waals surface area contributed by atoms with E-state index in [0.717, 1.165) is 11.7 Å². The Bertz CT molecular complexity index is 221. The van der Waals surface area contributed by atoms with Crippen LogP contribution in [-0.2, 0) is 9.53 Å². The first-order chi connectivity index (χ1) is 8.22. The SMILES string of the molecule is COCC(C)NC(=O)CCCCC1CCSS1. The lowest BCUT2D eigenvalue weighted by atomic mass is 10.1. The summed E-state index contributed by atoms with van der Waals surface area (Å²) in [6.45, 7) is 2.55. The summed E-state index contributed by atoms with van der Waals surface area (Å²) in [4.78, 5) is 11.5. The van der Waals surface area contributed by atoms with Gasteiger partial charge in [-0.2, -0.15) is 0 Å². The molecule has 2 unspecified atom stereocenters. The first-order valence-electron chi connectivity index (χ1n) is 6.29. The summed E-state index contributed by atoms with van der Waals surface area (Å²) >= 11 is 0. The van der Waals surface area contributed by atoms with E-state index < -0.39 is 0 Å². The third-order valence-electron chi connectivity index (χ3n) is 2.73. The molecule has 0 spiro atoms. The van der Waals surface area contributed by atoms with E-state index in [0.29, 0.717) is 13.0 Å². The van der Waals surface area contributed by atoms with Crippen LogP contribution in [0.4, 0.5) is 0 Å². The molecule has 3 nitrogen and oxygen atoms in total. The van der Waals surface area contributed by atoms with Crippen molar-refractivity contribution < 1.29 is 9.53 Å². The highest BCUT2D eigenvalue weighted by Crippen LogP contribution is 2.39. The highest BCUT2D eigenvalue weighted by molar-refractivity contribution is 8.77. The zero-order valence-corrected chi connectivity index (χ0v) is 12.4. The standard InChI is InChI=1S/C12H23NO2S2/c1-10(9-15-2)13-12(14)6-4-3-5-11-7-8-16-17-11/h10-11H,3-9H2,1-2H3,(H,13,14). The highest BCUT2D eigenvalue weighted by atomic mass is 33.1. The molecule has 5 heteroatoms. The van der Waals surface area contributed by atoms with Gasteiger partial charge in [0.15, 0.2) is 0 Å². The van der Waals surface area contributed by atoms with E-state index in [4.69, 9.17) is 4.74 Å². The molecular formula is C12H23NO2S2. The van der Waals surface area contributed by atoms with E-state index in [9.17, 15) is 4.79 Å². The largest absolute Gasteiger partial charge is 0.383 e. The summed E-state index contributed by atoms with van der Waals surface area (Å²) < 4.78 is 4.98. The first-order valence-corrected chi connectivity index (χ1v) is 8.67. The number of methoxy groups -OCH3 is 1. The van der Waals surface area contributed by atoms with Crippen LogP contribution in [0, 0.1) is 0 Å². The van der Waals surface area contributed by atoms with Crippen molar-refractivity contribution in [1.29, 1.82) is 0 Å². The summed E-state index contributed by atoms with van der Waals surface area (Å²) in [6.07, 6.45) is 5.43. The van der Waals surface area contributed by atoms with Crippen LogP contribution in [-0.4, -0.2) is 36.7 Å². The minimum atomic E-state index is 0.120. The number of carbonyl (C=O) groups is 1. The van der Waals surface area contributed by atoms with Crippen molar-refractivity contribution in [2.45, 2.75) is 50.3 Å². The second-order valence-corrected chi connectivity index (χ2v) is 7.29. The van der Waals surface area contributed by atoms with Gasteiger partial charge >= 0.3 is 0 Å². The Morgan fingerprint density at radius 3 is 3.00 bits per heavy atom. The van der Waals surface area contributed by atoms with Crippen LogP contribution in [0.25, 0.3) is 0 Å². The van der Waals surface area contributed by atoms with Crippen LogP contribution in [0.5, 0.6) is 0 Å². The van der Waals surface area contributed by atoms with E-state index in [-0.39, 0.29) is 11.9 Å². The molecule has 0 saturated carbocycles. The summed E-state index contributed by atoms with van der Waals surface area (Å²) in [5, 5.41) is 3.77. The lowest BCUT2D eigenvalue weighted by Crippen LogP contribution is -2.35. The molecule has 0 aromatic rings. The lowest BCUT2D eigenvalue weighted by Gasteiger charge is -2.12. The van der Waals surface area contributed by atoms with E-state index in [2.05, 4.69) is 5.32 Å². The summed E-state index contributed by atoms with van der Waals surface area (Å²) in [7, 11) is 5.65. The van der Waals surface area contributed by atoms with Crippen LogP contribution < -0.4 is 5.32 Å². The number of ether oxygens (including phenoxy) is 1. The minimum absolute atomic E-state index is 0.120. The van der Waals surface area contributed by atoms with Gasteiger partial charge in [-0.25, -0.2) is 0 Å². The molecule has 1 saturated heterocycles. The fourth-order valence-corrected chi connectivity index (χ4v) is 4.89. The van der Waals surface area contributed by atoms with Crippen molar-refractivity contribution >= 4 is 27.5 Å². The first kappa shape index (κ1) is 15.2. The Morgan fingerprint density at radius 2 is 2.35 bits per heavy atom. The molecule has 0 aromatic carbocycles. The van der Waals surface area contributed by atoms with E-state index in [1.54, 1.807) is 7.11 Å². The second-order valence-electron chi connectivity index (χ2n) is 4.50. The Morgan fingerprint density at radius 1 is 1.53 bits per heavy atom. The number of nitrogens with one attached hydrogen (secondary N) is 1. The third kappa shape index (κ3) is 7.21. The fourth-order valence-electron chi connectivity index (χ4n) is 1.86. The van der Waals surface area contributed by atoms with Gasteiger partial charge < -0.3 is 10.1 Å². The second kappa shape index (κ2) is 9.11. The van der Waals surface area contributed by atoms with Crippen molar-refractivity contribution in [2.75, 3.05) is 19.5 Å². The average molecular weight is 277 g/mol. The van der Waals surface area contributed by atoms with Gasteiger partial charge in [0.25, 0.3) is 0 Å². The Balaban J connectivity index is 1.95. The molecule has 1 aliphatic rings. The van der Waals surface area contributed by atoms with Crippen molar-refractivity contribution in [2.24, 2.45) is 0 Å². The fraction of sp³-hybridized carbons (Fsp3) is 0.917. The topological polar surface area (TPSA) is 38.3 Å². The number of carbonyl (C=O) groups excluding carboxylic acids is 1. The van der Waals surface area contributed by atoms with Crippen LogP contribution in [0.3, 0.4) is 0 Å². The van der Waals surface area contributed by atoms with Crippen LogP contribution in [0.1, 0.15) is 39.0 Å². The molecule has 0 aliphatic carbocycles. The monoisotopic (exact) mass is 277 g/mol. The molecule has 1 fully saturated rings. The summed E-state index contributed by atoms with van der Waals surface area (Å²) in [5.74, 6) is 1.45. The predicted octanol–water partition coefficient (Wildman–Crippen LogP) is 2.85. The number of rotatable bonds is 8. The maximum atomic E-state index is 11.5. The number of amides is 1. The number of hydrogen-bond acceptors (Lipinski definition) is 4. The molecule has 1 N–H and O–H groups in total. The molecule has 17 heavy (non-hydrogen) atoms. The van der Waals surface area contributed by atoms with Crippen molar-refractivity contribution in [3.8, 4) is 0 Å². The van der Waals surface area contributed by atoms with Gasteiger partial charge in [-0.15, -0.1) is 0 Å². The molecule has 1 heterocycles. The zero-order valence-electron chi connectivity index (χ0n) is 10.7. The maximum Gasteiger partial charge on any atom is 0.220 e. The molecule has 0 radical (unpaired) electrons. The van der Waals surface area contributed by atoms with Crippen molar-refractivity contribution in [3.63, 3.8) is 0 Å². The molecular weight excluding hydrogens is 254 g/mol. The molecule has 0 aromatic heterocycles. The molecule has 1 aliphatic heterocycles. The Labute approximate surface area is 112 Å². The van der Waals surface area contributed by atoms with E-state index >= 15 is 0 Å². The van der Waals surface area contributed by atoms with Gasteiger partial charge in [0.1, 0.15) is 0 Å². The van der Waals surface area contributed by atoms with Crippen LogP contribution in [0.15, 0.2) is 0 Å². The molecule has 1 amide bonds. The van der Waals surface area contributed by atoms with E-state index in [1.807, 2.05) is 28.5 Å². The lowest BCUT2D eigenvalue weighted by molar-refractivity contribution is -0.122. The van der Waals surface area contributed by atoms with Gasteiger partial charge in [-0.1, -0.05) is 28.0 Å². The predicted molar refractivity (Wildman–Crippen MR) is 76.4 cm³/mol. The molecule has 1 rings (SSSR count).